The number of ether oxygens (including phenoxy) is 1. The molecule has 0 spiro atoms. The summed E-state index contributed by atoms with van der Waals surface area (Å²) < 4.78 is 6.19. The molecular formula is C18H27NO2. The van der Waals surface area contributed by atoms with Crippen LogP contribution >= 0.6 is 0 Å². The molecule has 1 fully saturated rings. The number of hydrogen-bond donors (Lipinski definition) is 2. The third-order valence-corrected chi connectivity index (χ3v) is 5.04. The van der Waals surface area contributed by atoms with E-state index >= 15 is 0 Å². The molecule has 1 aromatic rings. The summed E-state index contributed by atoms with van der Waals surface area (Å²) in [7, 11) is 0. The van der Waals surface area contributed by atoms with Crippen molar-refractivity contribution in [3.63, 3.8) is 0 Å². The molecule has 116 valence electrons. The molecule has 2 aliphatic rings. The van der Waals surface area contributed by atoms with Crippen LogP contribution < -0.4 is 10.1 Å². The van der Waals surface area contributed by atoms with Crippen molar-refractivity contribution in [3.8, 4) is 5.75 Å². The van der Waals surface area contributed by atoms with Crippen molar-refractivity contribution < 1.29 is 9.84 Å². The number of likely N-dealkylation sites (N-methyl/N-ethyl adjacent to an activating group) is 1. The minimum Gasteiger partial charge on any atom is -0.490 e. The van der Waals surface area contributed by atoms with E-state index in [1.54, 1.807) is 0 Å². The van der Waals surface area contributed by atoms with Gasteiger partial charge < -0.3 is 15.2 Å². The monoisotopic (exact) mass is 289 g/mol. The van der Waals surface area contributed by atoms with Crippen LogP contribution in [0.5, 0.6) is 5.75 Å². The first-order chi connectivity index (χ1) is 10.2. The van der Waals surface area contributed by atoms with Gasteiger partial charge in [0.2, 0.25) is 0 Å². The second-order valence-electron chi connectivity index (χ2n) is 6.59. The van der Waals surface area contributed by atoms with Crippen molar-refractivity contribution in [2.45, 2.75) is 63.5 Å². The number of benzene rings is 1. The van der Waals surface area contributed by atoms with E-state index < -0.39 is 0 Å². The molecule has 0 heterocycles. The third kappa shape index (κ3) is 3.24. The van der Waals surface area contributed by atoms with Gasteiger partial charge in [-0.05, 0) is 68.3 Å². The maximum atomic E-state index is 9.67. The molecular weight excluding hydrogens is 262 g/mol. The highest BCUT2D eigenvalue weighted by molar-refractivity contribution is 5.37. The van der Waals surface area contributed by atoms with E-state index in [0.29, 0.717) is 0 Å². The largest absolute Gasteiger partial charge is 0.490 e. The fourth-order valence-electron chi connectivity index (χ4n) is 3.89. The Morgan fingerprint density at radius 3 is 2.86 bits per heavy atom. The van der Waals surface area contributed by atoms with Crippen LogP contribution in [-0.4, -0.2) is 29.9 Å². The minimum atomic E-state index is -0.131. The lowest BCUT2D eigenvalue weighted by molar-refractivity contribution is 0.142. The molecule has 1 aromatic carbocycles. The summed E-state index contributed by atoms with van der Waals surface area (Å²) in [6.07, 6.45) is 8.15. The number of aliphatic hydroxyl groups excluding tert-OH is 1. The Hall–Kier alpha value is -1.06. The zero-order valence-electron chi connectivity index (χ0n) is 13.0. The maximum absolute atomic E-state index is 9.67. The number of aryl methyl sites for hydroxylation is 2. The van der Waals surface area contributed by atoms with Gasteiger partial charge in [-0.15, -0.1) is 0 Å². The van der Waals surface area contributed by atoms with Crippen LogP contribution in [0.2, 0.25) is 0 Å². The Kier molecular flexibility index (Phi) is 4.51. The molecule has 0 radical (unpaired) electrons. The SMILES string of the molecule is CCNC1(CO)CCC(Oc2ccc3c(c2)CCCC3)C1. The molecule has 0 aromatic heterocycles. The average Bonchev–Trinajstić information content (AvgIpc) is 2.91. The highest BCUT2D eigenvalue weighted by Crippen LogP contribution is 2.33. The van der Waals surface area contributed by atoms with E-state index in [1.807, 2.05) is 0 Å². The molecule has 2 atom stereocenters. The van der Waals surface area contributed by atoms with Gasteiger partial charge in [0.25, 0.3) is 0 Å². The fourth-order valence-corrected chi connectivity index (χ4v) is 3.89. The highest BCUT2D eigenvalue weighted by Gasteiger charge is 2.39. The van der Waals surface area contributed by atoms with Crippen molar-refractivity contribution in [2.24, 2.45) is 0 Å². The molecule has 1 saturated carbocycles. The van der Waals surface area contributed by atoms with Gasteiger partial charge >= 0.3 is 0 Å². The van der Waals surface area contributed by atoms with Gasteiger partial charge in [0.15, 0.2) is 0 Å². The molecule has 0 bridgehead atoms. The first-order valence-corrected chi connectivity index (χ1v) is 8.39. The minimum absolute atomic E-state index is 0.131. The molecule has 2 aliphatic carbocycles. The van der Waals surface area contributed by atoms with Gasteiger partial charge in [-0.3, -0.25) is 0 Å². The smallest absolute Gasteiger partial charge is 0.120 e. The van der Waals surface area contributed by atoms with Crippen LogP contribution in [0.15, 0.2) is 18.2 Å². The molecule has 2 unspecified atom stereocenters. The molecule has 0 aliphatic heterocycles. The molecule has 0 saturated heterocycles. The summed E-state index contributed by atoms with van der Waals surface area (Å²) in [5, 5.41) is 13.1. The van der Waals surface area contributed by atoms with Crippen LogP contribution in [0.1, 0.15) is 50.2 Å². The fraction of sp³-hybridized carbons (Fsp3) is 0.667. The number of hydrogen-bond acceptors (Lipinski definition) is 3. The summed E-state index contributed by atoms with van der Waals surface area (Å²) in [6.45, 7) is 3.19. The Labute approximate surface area is 127 Å². The second-order valence-corrected chi connectivity index (χ2v) is 6.59. The summed E-state index contributed by atoms with van der Waals surface area (Å²) in [5.41, 5.74) is 2.84. The van der Waals surface area contributed by atoms with E-state index in [2.05, 4.69) is 30.4 Å². The third-order valence-electron chi connectivity index (χ3n) is 5.04. The molecule has 0 amide bonds. The normalized spacial score (nSPS) is 28.4. The summed E-state index contributed by atoms with van der Waals surface area (Å²) in [6, 6.07) is 6.60. The zero-order chi connectivity index (χ0) is 14.7. The van der Waals surface area contributed by atoms with E-state index in [9.17, 15) is 5.11 Å². The lowest BCUT2D eigenvalue weighted by Gasteiger charge is -2.28. The Morgan fingerprint density at radius 2 is 2.10 bits per heavy atom. The Balaban J connectivity index is 1.65. The molecule has 2 N–H and O–H groups in total. The summed E-state index contributed by atoms with van der Waals surface area (Å²) in [4.78, 5) is 0. The summed E-state index contributed by atoms with van der Waals surface area (Å²) >= 11 is 0. The van der Waals surface area contributed by atoms with Crippen molar-refractivity contribution in [2.75, 3.05) is 13.2 Å². The second kappa shape index (κ2) is 6.37. The van der Waals surface area contributed by atoms with Gasteiger partial charge in [0.1, 0.15) is 11.9 Å². The van der Waals surface area contributed by atoms with Crippen molar-refractivity contribution in [1.29, 1.82) is 0 Å². The predicted octanol–water partition coefficient (Wildman–Crippen LogP) is 2.84. The van der Waals surface area contributed by atoms with Crippen molar-refractivity contribution >= 4 is 0 Å². The topological polar surface area (TPSA) is 41.5 Å². The Morgan fingerprint density at radius 1 is 1.29 bits per heavy atom. The van der Waals surface area contributed by atoms with Gasteiger partial charge in [-0.25, -0.2) is 0 Å². The van der Waals surface area contributed by atoms with Gasteiger partial charge in [0, 0.05) is 12.0 Å². The van der Waals surface area contributed by atoms with E-state index in [4.69, 9.17) is 4.74 Å². The van der Waals surface area contributed by atoms with Crippen LogP contribution in [0, 0.1) is 0 Å². The number of rotatable bonds is 5. The standard InChI is InChI=1S/C18H27NO2/c1-2-19-18(13-20)10-9-17(12-18)21-16-8-7-14-5-3-4-6-15(14)11-16/h7-8,11,17,19-20H,2-6,9-10,12-13H2,1H3. The van der Waals surface area contributed by atoms with E-state index in [1.165, 1.54) is 36.8 Å². The van der Waals surface area contributed by atoms with Crippen LogP contribution in [0.25, 0.3) is 0 Å². The molecule has 3 rings (SSSR count). The number of nitrogens with one attached hydrogen (secondary N) is 1. The van der Waals surface area contributed by atoms with Gasteiger partial charge in [-0.2, -0.15) is 0 Å². The van der Waals surface area contributed by atoms with Crippen LogP contribution in [-0.2, 0) is 12.8 Å². The summed E-state index contributed by atoms with van der Waals surface area (Å²) in [5.74, 6) is 1.01. The maximum Gasteiger partial charge on any atom is 0.120 e. The zero-order valence-corrected chi connectivity index (χ0v) is 13.0. The lowest BCUT2D eigenvalue weighted by atomic mass is 9.92. The average molecular weight is 289 g/mol. The number of fused-ring (bicyclic) bond motifs is 1. The van der Waals surface area contributed by atoms with E-state index in [0.717, 1.165) is 31.6 Å². The van der Waals surface area contributed by atoms with Crippen LogP contribution in [0.4, 0.5) is 0 Å². The van der Waals surface area contributed by atoms with Crippen molar-refractivity contribution in [3.05, 3.63) is 29.3 Å². The molecule has 3 heteroatoms. The molecule has 3 nitrogen and oxygen atoms in total. The first kappa shape index (κ1) is 14.9. The van der Waals surface area contributed by atoms with Crippen LogP contribution in [0.3, 0.4) is 0 Å². The Bertz CT molecular complexity index is 488. The first-order valence-electron chi connectivity index (χ1n) is 8.39. The number of aliphatic hydroxyl groups is 1. The quantitative estimate of drug-likeness (QED) is 0.876. The van der Waals surface area contributed by atoms with Gasteiger partial charge in [-0.1, -0.05) is 13.0 Å². The molecule has 21 heavy (non-hydrogen) atoms. The van der Waals surface area contributed by atoms with E-state index in [-0.39, 0.29) is 18.2 Å². The lowest BCUT2D eigenvalue weighted by Crippen LogP contribution is -2.46. The highest BCUT2D eigenvalue weighted by atomic mass is 16.5. The van der Waals surface area contributed by atoms with Gasteiger partial charge in [0.05, 0.1) is 6.61 Å². The van der Waals surface area contributed by atoms with Crippen molar-refractivity contribution in [1.82, 2.24) is 5.32 Å². The predicted molar refractivity (Wildman–Crippen MR) is 84.8 cm³/mol.